The van der Waals surface area contributed by atoms with Gasteiger partial charge < -0.3 is 9.64 Å². The van der Waals surface area contributed by atoms with Gasteiger partial charge in [0.15, 0.2) is 0 Å². The molecule has 1 unspecified atom stereocenters. The van der Waals surface area contributed by atoms with Crippen LogP contribution in [0.1, 0.15) is 39.7 Å². The first-order chi connectivity index (χ1) is 9.35. The summed E-state index contributed by atoms with van der Waals surface area (Å²) in [5.74, 6) is 0.511. The number of hydrogen-bond donors (Lipinski definition) is 0. The van der Waals surface area contributed by atoms with Crippen molar-refractivity contribution >= 4 is 11.7 Å². The van der Waals surface area contributed by atoms with Gasteiger partial charge in [-0.15, -0.1) is 0 Å². The molecule has 1 aliphatic heterocycles. The second-order valence-electron chi connectivity index (χ2n) is 6.72. The van der Waals surface area contributed by atoms with E-state index >= 15 is 0 Å². The number of fused-ring (bicyclic) bond motifs is 1. The first-order valence-electron chi connectivity index (χ1n) is 7.40. The highest BCUT2D eigenvalue weighted by atomic mass is 16.6. The second kappa shape index (κ2) is 5.86. The van der Waals surface area contributed by atoms with Gasteiger partial charge in [0.05, 0.1) is 6.42 Å². The maximum atomic E-state index is 11.8. The average molecular weight is 275 g/mol. The third kappa shape index (κ3) is 3.99. The van der Waals surface area contributed by atoms with Gasteiger partial charge in [-0.3, -0.25) is 4.79 Å². The SMILES string of the molecule is CC1Cc2ccccc2N(CCC(=O)OC(C)(C)C)C1. The molecule has 0 aliphatic carbocycles. The molecule has 0 fully saturated rings. The molecule has 0 spiro atoms. The number of carbonyl (C=O) groups excluding carboxylic acids is 1. The smallest absolute Gasteiger partial charge is 0.308 e. The Hall–Kier alpha value is -1.51. The number of benzene rings is 1. The molecule has 1 atom stereocenters. The number of nitrogens with zero attached hydrogens (tertiary/aromatic N) is 1. The minimum Gasteiger partial charge on any atom is -0.460 e. The van der Waals surface area contributed by atoms with Gasteiger partial charge in [0.1, 0.15) is 5.60 Å². The van der Waals surface area contributed by atoms with Crippen LogP contribution in [0.25, 0.3) is 0 Å². The van der Waals surface area contributed by atoms with Crippen molar-refractivity contribution in [2.24, 2.45) is 5.92 Å². The van der Waals surface area contributed by atoms with E-state index in [0.29, 0.717) is 12.3 Å². The monoisotopic (exact) mass is 275 g/mol. The molecule has 0 bridgehead atoms. The molecule has 3 heteroatoms. The van der Waals surface area contributed by atoms with Crippen LogP contribution in [0.15, 0.2) is 24.3 Å². The molecule has 0 aromatic heterocycles. The van der Waals surface area contributed by atoms with E-state index in [4.69, 9.17) is 4.74 Å². The van der Waals surface area contributed by atoms with Crippen molar-refractivity contribution in [2.75, 3.05) is 18.0 Å². The predicted octanol–water partition coefficient (Wildman–Crippen LogP) is 3.42. The molecular weight excluding hydrogens is 250 g/mol. The lowest BCUT2D eigenvalue weighted by molar-refractivity contribution is -0.154. The standard InChI is InChI=1S/C17H25NO2/c1-13-11-14-7-5-6-8-15(14)18(12-13)10-9-16(19)20-17(2,3)4/h5-8,13H,9-12H2,1-4H3. The number of anilines is 1. The van der Waals surface area contributed by atoms with Crippen LogP contribution in [0, 0.1) is 5.92 Å². The van der Waals surface area contributed by atoms with E-state index < -0.39 is 5.60 Å². The van der Waals surface area contributed by atoms with E-state index in [1.165, 1.54) is 11.3 Å². The Bertz CT molecular complexity index is 476. The molecular formula is C17H25NO2. The molecule has 0 saturated carbocycles. The van der Waals surface area contributed by atoms with Gasteiger partial charge >= 0.3 is 5.97 Å². The van der Waals surface area contributed by atoms with E-state index in [-0.39, 0.29) is 5.97 Å². The molecule has 0 N–H and O–H groups in total. The number of ether oxygens (including phenoxy) is 1. The van der Waals surface area contributed by atoms with Crippen LogP contribution in [-0.2, 0) is 16.0 Å². The molecule has 3 nitrogen and oxygen atoms in total. The molecule has 2 rings (SSSR count). The zero-order chi connectivity index (χ0) is 14.8. The summed E-state index contributed by atoms with van der Waals surface area (Å²) < 4.78 is 5.38. The molecule has 110 valence electrons. The summed E-state index contributed by atoms with van der Waals surface area (Å²) in [4.78, 5) is 14.2. The number of para-hydroxylation sites is 1. The van der Waals surface area contributed by atoms with E-state index in [9.17, 15) is 4.79 Å². The van der Waals surface area contributed by atoms with Gasteiger partial charge in [0.2, 0.25) is 0 Å². The van der Waals surface area contributed by atoms with Gasteiger partial charge in [-0.1, -0.05) is 25.1 Å². The third-order valence-corrected chi connectivity index (χ3v) is 3.44. The Labute approximate surface area is 121 Å². The maximum absolute atomic E-state index is 11.8. The summed E-state index contributed by atoms with van der Waals surface area (Å²) in [6, 6.07) is 8.49. The van der Waals surface area contributed by atoms with Crippen LogP contribution < -0.4 is 4.90 Å². The zero-order valence-electron chi connectivity index (χ0n) is 13.0. The highest BCUT2D eigenvalue weighted by molar-refractivity contribution is 5.71. The van der Waals surface area contributed by atoms with E-state index in [0.717, 1.165) is 19.5 Å². The maximum Gasteiger partial charge on any atom is 0.308 e. The van der Waals surface area contributed by atoms with Crippen LogP contribution in [0.5, 0.6) is 0 Å². The molecule has 0 amide bonds. The number of hydrogen-bond acceptors (Lipinski definition) is 3. The van der Waals surface area contributed by atoms with Gasteiger partial charge in [-0.05, 0) is 44.7 Å². The third-order valence-electron chi connectivity index (χ3n) is 3.44. The largest absolute Gasteiger partial charge is 0.460 e. The summed E-state index contributed by atoms with van der Waals surface area (Å²) in [6.07, 6.45) is 1.57. The Morgan fingerprint density at radius 1 is 1.35 bits per heavy atom. The quantitative estimate of drug-likeness (QED) is 0.792. The molecule has 1 aliphatic rings. The predicted molar refractivity (Wildman–Crippen MR) is 82.0 cm³/mol. The van der Waals surface area contributed by atoms with Crippen molar-refractivity contribution in [3.8, 4) is 0 Å². The summed E-state index contributed by atoms with van der Waals surface area (Å²) in [5, 5.41) is 0. The number of esters is 1. The van der Waals surface area contributed by atoms with Crippen molar-refractivity contribution in [1.82, 2.24) is 0 Å². The second-order valence-corrected chi connectivity index (χ2v) is 6.72. The lowest BCUT2D eigenvalue weighted by Crippen LogP contribution is -2.36. The van der Waals surface area contributed by atoms with Gasteiger partial charge in [0.25, 0.3) is 0 Å². The minimum atomic E-state index is -0.399. The Kier molecular flexibility index (Phi) is 4.36. The van der Waals surface area contributed by atoms with Crippen LogP contribution in [0.2, 0.25) is 0 Å². The van der Waals surface area contributed by atoms with E-state index in [2.05, 4.69) is 36.1 Å². The number of rotatable bonds is 3. The summed E-state index contributed by atoms with van der Waals surface area (Å²) in [6.45, 7) is 9.72. The van der Waals surface area contributed by atoms with Crippen LogP contribution in [-0.4, -0.2) is 24.7 Å². The highest BCUT2D eigenvalue weighted by Crippen LogP contribution is 2.29. The number of carbonyl (C=O) groups is 1. The van der Waals surface area contributed by atoms with Crippen molar-refractivity contribution in [1.29, 1.82) is 0 Å². The topological polar surface area (TPSA) is 29.5 Å². The molecule has 0 saturated heterocycles. The Morgan fingerprint density at radius 2 is 2.05 bits per heavy atom. The fourth-order valence-corrected chi connectivity index (χ4v) is 2.74. The van der Waals surface area contributed by atoms with Crippen molar-refractivity contribution in [2.45, 2.75) is 46.1 Å². The highest BCUT2D eigenvalue weighted by Gasteiger charge is 2.23. The first-order valence-corrected chi connectivity index (χ1v) is 7.40. The lowest BCUT2D eigenvalue weighted by Gasteiger charge is -2.34. The van der Waals surface area contributed by atoms with Crippen molar-refractivity contribution in [3.05, 3.63) is 29.8 Å². The summed E-state index contributed by atoms with van der Waals surface area (Å²) >= 11 is 0. The van der Waals surface area contributed by atoms with Gasteiger partial charge in [-0.2, -0.15) is 0 Å². The van der Waals surface area contributed by atoms with Crippen LogP contribution >= 0.6 is 0 Å². The fraction of sp³-hybridized carbons (Fsp3) is 0.588. The zero-order valence-corrected chi connectivity index (χ0v) is 13.0. The summed E-state index contributed by atoms with van der Waals surface area (Å²) in [7, 11) is 0. The van der Waals surface area contributed by atoms with Crippen molar-refractivity contribution in [3.63, 3.8) is 0 Å². The molecule has 0 radical (unpaired) electrons. The van der Waals surface area contributed by atoms with Gasteiger partial charge in [-0.25, -0.2) is 0 Å². The first kappa shape index (κ1) is 14.9. The molecule has 1 aromatic rings. The molecule has 20 heavy (non-hydrogen) atoms. The van der Waals surface area contributed by atoms with Crippen LogP contribution in [0.3, 0.4) is 0 Å². The fourth-order valence-electron chi connectivity index (χ4n) is 2.74. The normalized spacial score (nSPS) is 18.6. The Morgan fingerprint density at radius 3 is 2.75 bits per heavy atom. The molecule has 1 heterocycles. The van der Waals surface area contributed by atoms with Crippen LogP contribution in [0.4, 0.5) is 5.69 Å². The van der Waals surface area contributed by atoms with Gasteiger partial charge in [0, 0.05) is 18.8 Å². The van der Waals surface area contributed by atoms with Crippen molar-refractivity contribution < 1.29 is 9.53 Å². The van der Waals surface area contributed by atoms with E-state index in [1.807, 2.05) is 20.8 Å². The Balaban J connectivity index is 1.98. The lowest BCUT2D eigenvalue weighted by atomic mass is 9.94. The average Bonchev–Trinajstić information content (AvgIpc) is 2.33. The molecule has 1 aromatic carbocycles. The minimum absolute atomic E-state index is 0.117. The summed E-state index contributed by atoms with van der Waals surface area (Å²) in [5.41, 5.74) is 2.26. The van der Waals surface area contributed by atoms with E-state index in [1.54, 1.807) is 0 Å².